The van der Waals surface area contributed by atoms with Gasteiger partial charge in [-0.25, -0.2) is 0 Å². The summed E-state index contributed by atoms with van der Waals surface area (Å²) in [5.74, 6) is 0. The molecule has 2 N–H and O–H groups in total. The van der Waals surface area contributed by atoms with Crippen LogP contribution in [0.4, 0.5) is 0 Å². The summed E-state index contributed by atoms with van der Waals surface area (Å²) in [7, 11) is 0. The van der Waals surface area contributed by atoms with Crippen LogP contribution in [0.3, 0.4) is 0 Å². The van der Waals surface area contributed by atoms with E-state index in [1.54, 1.807) is 0 Å². The molecule has 0 amide bonds. The summed E-state index contributed by atoms with van der Waals surface area (Å²) < 4.78 is 25.3. The van der Waals surface area contributed by atoms with Crippen molar-refractivity contribution in [3.63, 3.8) is 0 Å². The second-order valence-electron chi connectivity index (χ2n) is 0.204. The molecular formula is H2Li2O4S. The molecule has 0 aromatic heterocycles. The van der Waals surface area contributed by atoms with Gasteiger partial charge in [0.05, 0.1) is 0 Å². The van der Waals surface area contributed by atoms with Gasteiger partial charge in [0.15, 0.2) is 0 Å². The summed E-state index contributed by atoms with van der Waals surface area (Å²) in [4.78, 5) is 0. The molecule has 0 saturated heterocycles. The first-order chi connectivity index (χ1) is 1.73. The summed E-state index contributed by atoms with van der Waals surface area (Å²) in [6.45, 7) is 0. The molecule has 0 fully saturated rings. The van der Waals surface area contributed by atoms with Gasteiger partial charge in [0, 0.05) is 0 Å². The first-order valence-corrected chi connectivity index (χ1v) is 1.50. The van der Waals surface area contributed by atoms with E-state index in [9.17, 15) is 0 Å². The number of hydrogen-bond acceptors (Lipinski definition) is 3. The van der Waals surface area contributed by atoms with E-state index in [-0.39, 0.29) is 43.2 Å². The average molecular weight is 112 g/mol. The van der Waals surface area contributed by atoms with Crippen molar-refractivity contribution in [2.75, 3.05) is 0 Å². The van der Waals surface area contributed by atoms with Crippen LogP contribution in [0.1, 0.15) is 0 Å². The van der Waals surface area contributed by atoms with Crippen LogP contribution in [-0.4, -0.2) is 18.8 Å². The van der Waals surface area contributed by atoms with E-state index < -0.39 is 11.4 Å². The second-order valence-corrected chi connectivity index (χ2v) is 0.612. The zero-order chi connectivity index (χ0) is 3.58. The van der Waals surface area contributed by atoms with Crippen molar-refractivity contribution in [1.29, 1.82) is 0 Å². The van der Waals surface area contributed by atoms with Gasteiger partial charge in [0.25, 0.3) is 0 Å². The van der Waals surface area contributed by atoms with Crippen molar-refractivity contribution < 1.29 is 56.5 Å². The van der Waals surface area contributed by atoms with Crippen LogP contribution in [-0.2, 0) is 11.4 Å². The van der Waals surface area contributed by atoms with E-state index in [2.05, 4.69) is 0 Å². The minimum atomic E-state index is -3.11. The Morgan fingerprint density at radius 2 is 1.14 bits per heavy atom. The minimum Gasteiger partial charge on any atom is -0.784 e. The molecule has 0 aromatic carbocycles. The largest absolute Gasteiger partial charge is 1.00 e. The smallest absolute Gasteiger partial charge is 0.784 e. The molecule has 0 rings (SSSR count). The monoisotopic (exact) mass is 112 g/mol. The molecule has 0 saturated carbocycles. The van der Waals surface area contributed by atoms with Crippen molar-refractivity contribution in [3.8, 4) is 0 Å². The molecule has 34 valence electrons. The Morgan fingerprint density at radius 1 is 1.14 bits per heavy atom. The van der Waals surface area contributed by atoms with Crippen LogP contribution in [0, 0.1) is 0 Å². The third kappa shape index (κ3) is 131. The predicted molar refractivity (Wildman–Crippen MR) is 13.3 cm³/mol. The topological polar surface area (TPSA) is 94.7 Å². The van der Waals surface area contributed by atoms with Gasteiger partial charge in [0.2, 0.25) is 0 Å². The van der Waals surface area contributed by atoms with Crippen LogP contribution in [0.2, 0.25) is 0 Å². The van der Waals surface area contributed by atoms with E-state index in [0.717, 1.165) is 0 Å². The first-order valence-electron chi connectivity index (χ1n) is 0.500. The van der Waals surface area contributed by atoms with Crippen LogP contribution >= 0.6 is 0 Å². The number of hydrogen-bond donors (Lipinski definition) is 0. The molecular weight excluding hydrogens is 110 g/mol. The van der Waals surface area contributed by atoms with Crippen molar-refractivity contribution >= 4 is 11.4 Å². The van der Waals surface area contributed by atoms with Gasteiger partial charge in [-0.1, -0.05) is 0 Å². The molecule has 0 spiro atoms. The minimum absolute atomic E-state index is 0. The Morgan fingerprint density at radius 3 is 1.14 bits per heavy atom. The molecule has 0 aromatic rings. The normalized spacial score (nSPS) is 5.00. The fraction of sp³-hybridized carbons (Fsp3) is 0. The van der Waals surface area contributed by atoms with Crippen LogP contribution in [0.15, 0.2) is 0 Å². The van der Waals surface area contributed by atoms with Crippen LogP contribution in [0.5, 0.6) is 0 Å². The molecule has 0 atom stereocenters. The molecule has 0 unspecified atom stereocenters. The SMILES string of the molecule is O.O=S([O-])[O-].[Li+].[Li+]. The van der Waals surface area contributed by atoms with Gasteiger partial charge in [-0.05, 0) is 0 Å². The summed E-state index contributed by atoms with van der Waals surface area (Å²) in [5.41, 5.74) is 0. The van der Waals surface area contributed by atoms with Crippen molar-refractivity contribution in [2.24, 2.45) is 0 Å². The van der Waals surface area contributed by atoms with E-state index in [4.69, 9.17) is 13.3 Å². The van der Waals surface area contributed by atoms with Gasteiger partial charge >= 0.3 is 37.7 Å². The predicted octanol–water partition coefficient (Wildman–Crippen LogP) is -7.82. The van der Waals surface area contributed by atoms with Crippen LogP contribution in [0.25, 0.3) is 0 Å². The van der Waals surface area contributed by atoms with E-state index in [0.29, 0.717) is 0 Å². The van der Waals surface area contributed by atoms with Gasteiger partial charge < -0.3 is 14.6 Å². The zero-order valence-electron chi connectivity index (χ0n) is 4.13. The van der Waals surface area contributed by atoms with E-state index in [1.807, 2.05) is 0 Å². The van der Waals surface area contributed by atoms with Gasteiger partial charge in [-0.3, -0.25) is 4.21 Å². The van der Waals surface area contributed by atoms with Crippen molar-refractivity contribution in [1.82, 2.24) is 0 Å². The molecule has 4 nitrogen and oxygen atoms in total. The first kappa shape index (κ1) is 24.1. The summed E-state index contributed by atoms with van der Waals surface area (Å²) in [6, 6.07) is 0. The second kappa shape index (κ2) is 15.7. The Balaban J connectivity index is -0.0000000150. The molecule has 0 aliphatic heterocycles. The summed E-state index contributed by atoms with van der Waals surface area (Å²) in [5, 5.41) is 0. The van der Waals surface area contributed by atoms with Crippen molar-refractivity contribution in [2.45, 2.75) is 0 Å². The number of rotatable bonds is 0. The maximum Gasteiger partial charge on any atom is 1.00 e. The molecule has 0 heterocycles. The third-order valence-electron chi connectivity index (χ3n) is 0. The Kier molecular flexibility index (Phi) is 53.9. The van der Waals surface area contributed by atoms with Crippen molar-refractivity contribution in [3.05, 3.63) is 0 Å². The van der Waals surface area contributed by atoms with Gasteiger partial charge in [-0.15, -0.1) is 11.4 Å². The quantitative estimate of drug-likeness (QED) is 0.230. The summed E-state index contributed by atoms with van der Waals surface area (Å²) in [6.07, 6.45) is 0. The fourth-order valence-corrected chi connectivity index (χ4v) is 0. The molecule has 0 aliphatic rings. The van der Waals surface area contributed by atoms with E-state index >= 15 is 0 Å². The molecule has 0 aliphatic carbocycles. The van der Waals surface area contributed by atoms with Gasteiger partial charge in [-0.2, -0.15) is 0 Å². The zero-order valence-corrected chi connectivity index (χ0v) is 4.95. The van der Waals surface area contributed by atoms with Gasteiger partial charge in [0.1, 0.15) is 0 Å². The Hall–Kier alpha value is 1.22. The molecule has 0 bridgehead atoms. The Labute approximate surface area is 67.8 Å². The summed E-state index contributed by atoms with van der Waals surface area (Å²) >= 11 is -3.11. The molecule has 7 heteroatoms. The molecule has 7 heavy (non-hydrogen) atoms. The fourth-order valence-electron chi connectivity index (χ4n) is 0. The maximum atomic E-state index is 8.44. The average Bonchev–Trinajstić information content (AvgIpc) is 0.811. The van der Waals surface area contributed by atoms with Crippen LogP contribution < -0.4 is 37.7 Å². The van der Waals surface area contributed by atoms with E-state index in [1.165, 1.54) is 0 Å². The standard InChI is InChI=1S/2Li.H2O3S.H2O/c;;1-4(2)3;/h;;(H2,1,2,3);1H2/q2*+1;;/p-2. The maximum absolute atomic E-state index is 8.44. The Bertz CT molecular complexity index is 32.7. The third-order valence-corrected chi connectivity index (χ3v) is 0. The molecule has 0 radical (unpaired) electrons.